The summed E-state index contributed by atoms with van der Waals surface area (Å²) >= 11 is 0. The maximum atomic E-state index is 5.81. The fourth-order valence-corrected chi connectivity index (χ4v) is 1.87. The van der Waals surface area contributed by atoms with Crippen LogP contribution in [0.5, 0.6) is 11.8 Å². The number of ether oxygens (including phenoxy) is 1. The first-order valence-electron chi connectivity index (χ1n) is 5.87. The monoisotopic (exact) mass is 258 g/mol. The van der Waals surface area contributed by atoms with Crippen LogP contribution in [-0.2, 0) is 7.05 Å². The number of nitrogens with one attached hydrogen (secondary N) is 1. The predicted octanol–water partition coefficient (Wildman–Crippen LogP) is 1.61. The molecule has 0 aliphatic rings. The summed E-state index contributed by atoms with van der Waals surface area (Å²) in [5, 5.41) is 7.23. The molecular formula is C12H14N6O. The number of aromatic nitrogens is 5. The minimum Gasteiger partial charge on any atom is -0.417 e. The summed E-state index contributed by atoms with van der Waals surface area (Å²) in [4.78, 5) is 8.62. The average Bonchev–Trinajstić information content (AvgIpc) is 2.96. The molecule has 0 bridgehead atoms. The van der Waals surface area contributed by atoms with Gasteiger partial charge in [0.2, 0.25) is 11.5 Å². The minimum atomic E-state index is 0.444. The first kappa shape index (κ1) is 11.5. The number of hydrogen-bond donors (Lipinski definition) is 1. The average molecular weight is 258 g/mol. The number of hydrogen-bond acceptors (Lipinski definition) is 5. The van der Waals surface area contributed by atoms with Crippen molar-refractivity contribution in [2.24, 2.45) is 7.05 Å². The van der Waals surface area contributed by atoms with Crippen LogP contribution in [0.2, 0.25) is 0 Å². The number of imidazole rings is 1. The van der Waals surface area contributed by atoms with Crippen LogP contribution in [0.4, 0.5) is 5.82 Å². The number of nitrogens with zero attached hydrogens (tertiary/aromatic N) is 5. The van der Waals surface area contributed by atoms with Crippen LogP contribution in [0, 0.1) is 6.92 Å². The molecule has 0 saturated heterocycles. The van der Waals surface area contributed by atoms with E-state index >= 15 is 0 Å². The van der Waals surface area contributed by atoms with E-state index in [0.717, 1.165) is 5.69 Å². The Hall–Kier alpha value is -2.57. The zero-order valence-corrected chi connectivity index (χ0v) is 11.0. The molecule has 98 valence electrons. The van der Waals surface area contributed by atoms with Crippen molar-refractivity contribution >= 4 is 11.5 Å². The van der Waals surface area contributed by atoms with Gasteiger partial charge < -0.3 is 10.1 Å². The van der Waals surface area contributed by atoms with E-state index in [-0.39, 0.29) is 0 Å². The molecule has 7 nitrogen and oxygen atoms in total. The van der Waals surface area contributed by atoms with Gasteiger partial charge in [-0.2, -0.15) is 10.1 Å². The number of anilines is 1. The summed E-state index contributed by atoms with van der Waals surface area (Å²) in [5.74, 6) is 1.78. The Bertz CT molecular complexity index is 729. The molecule has 3 aromatic heterocycles. The topological polar surface area (TPSA) is 69.3 Å². The maximum Gasteiger partial charge on any atom is 0.267 e. The Balaban J connectivity index is 2.08. The maximum absolute atomic E-state index is 5.81. The highest BCUT2D eigenvalue weighted by Crippen LogP contribution is 2.24. The van der Waals surface area contributed by atoms with E-state index in [9.17, 15) is 0 Å². The summed E-state index contributed by atoms with van der Waals surface area (Å²) in [5.41, 5.74) is 1.56. The highest BCUT2D eigenvalue weighted by Gasteiger charge is 2.12. The van der Waals surface area contributed by atoms with Gasteiger partial charge in [0, 0.05) is 32.6 Å². The Kier molecular flexibility index (Phi) is 2.59. The fourth-order valence-electron chi connectivity index (χ4n) is 1.87. The third kappa shape index (κ3) is 1.99. The van der Waals surface area contributed by atoms with Crippen molar-refractivity contribution in [1.82, 2.24) is 24.1 Å². The van der Waals surface area contributed by atoms with Gasteiger partial charge in [0.1, 0.15) is 5.82 Å². The molecule has 0 atom stereocenters. The van der Waals surface area contributed by atoms with Gasteiger partial charge in [0.25, 0.3) is 5.88 Å². The van der Waals surface area contributed by atoms with E-state index in [0.29, 0.717) is 23.2 Å². The van der Waals surface area contributed by atoms with Crippen molar-refractivity contribution in [2.75, 3.05) is 12.4 Å². The molecule has 0 amide bonds. The summed E-state index contributed by atoms with van der Waals surface area (Å²) in [6, 6.07) is 1.85. The summed E-state index contributed by atoms with van der Waals surface area (Å²) in [7, 11) is 3.64. The molecule has 3 heterocycles. The van der Waals surface area contributed by atoms with Crippen LogP contribution in [0.1, 0.15) is 5.69 Å². The van der Waals surface area contributed by atoms with E-state index in [4.69, 9.17) is 4.74 Å². The third-order valence-corrected chi connectivity index (χ3v) is 2.76. The molecule has 3 rings (SSSR count). The van der Waals surface area contributed by atoms with Gasteiger partial charge in [-0.1, -0.05) is 0 Å². The number of aryl methyl sites for hydroxylation is 2. The Morgan fingerprint density at radius 3 is 2.89 bits per heavy atom. The van der Waals surface area contributed by atoms with E-state index < -0.39 is 0 Å². The minimum absolute atomic E-state index is 0.444. The second-order valence-electron chi connectivity index (χ2n) is 4.19. The molecule has 0 aliphatic heterocycles. The SMILES string of the molecule is CNc1cn2ccnc2c(Oc2cc(C)nn2C)n1. The molecule has 3 aromatic rings. The lowest BCUT2D eigenvalue weighted by molar-refractivity contribution is 0.418. The lowest BCUT2D eigenvalue weighted by Crippen LogP contribution is -2.01. The molecular weight excluding hydrogens is 244 g/mol. The van der Waals surface area contributed by atoms with Crippen LogP contribution in [0.3, 0.4) is 0 Å². The highest BCUT2D eigenvalue weighted by atomic mass is 16.5. The smallest absolute Gasteiger partial charge is 0.267 e. The van der Waals surface area contributed by atoms with Crippen LogP contribution < -0.4 is 10.1 Å². The lowest BCUT2D eigenvalue weighted by atomic mass is 10.5. The van der Waals surface area contributed by atoms with Crippen molar-refractivity contribution in [2.45, 2.75) is 6.92 Å². The predicted molar refractivity (Wildman–Crippen MR) is 70.6 cm³/mol. The number of fused-ring (bicyclic) bond motifs is 1. The molecule has 1 N–H and O–H groups in total. The zero-order chi connectivity index (χ0) is 13.4. The largest absolute Gasteiger partial charge is 0.417 e. The van der Waals surface area contributed by atoms with Gasteiger partial charge in [-0.3, -0.25) is 4.40 Å². The van der Waals surface area contributed by atoms with E-state index in [1.54, 1.807) is 10.9 Å². The number of rotatable bonds is 3. The van der Waals surface area contributed by atoms with Gasteiger partial charge in [-0.15, -0.1) is 0 Å². The molecule has 0 unspecified atom stereocenters. The van der Waals surface area contributed by atoms with Gasteiger partial charge in [-0.25, -0.2) is 9.67 Å². The van der Waals surface area contributed by atoms with Gasteiger partial charge in [-0.05, 0) is 6.92 Å². The Labute approximate surface area is 109 Å². The molecule has 7 heteroatoms. The molecule has 19 heavy (non-hydrogen) atoms. The Morgan fingerprint density at radius 1 is 1.37 bits per heavy atom. The van der Waals surface area contributed by atoms with Crippen molar-refractivity contribution in [3.8, 4) is 11.8 Å². The van der Waals surface area contributed by atoms with Crippen molar-refractivity contribution in [3.05, 3.63) is 30.4 Å². The van der Waals surface area contributed by atoms with E-state index in [2.05, 4.69) is 20.4 Å². The van der Waals surface area contributed by atoms with Gasteiger partial charge >= 0.3 is 0 Å². The van der Waals surface area contributed by atoms with E-state index in [1.165, 1.54) is 0 Å². The van der Waals surface area contributed by atoms with Crippen LogP contribution in [-0.4, -0.2) is 31.2 Å². The van der Waals surface area contributed by atoms with Crippen molar-refractivity contribution < 1.29 is 4.74 Å². The molecule has 0 spiro atoms. The van der Waals surface area contributed by atoms with Crippen LogP contribution >= 0.6 is 0 Å². The van der Waals surface area contributed by atoms with Crippen molar-refractivity contribution in [3.63, 3.8) is 0 Å². The lowest BCUT2D eigenvalue weighted by Gasteiger charge is -2.08. The third-order valence-electron chi connectivity index (χ3n) is 2.76. The zero-order valence-electron chi connectivity index (χ0n) is 11.0. The Morgan fingerprint density at radius 2 is 2.21 bits per heavy atom. The molecule has 0 aliphatic carbocycles. The van der Waals surface area contributed by atoms with Crippen LogP contribution in [0.25, 0.3) is 5.65 Å². The van der Waals surface area contributed by atoms with Gasteiger partial charge in [0.15, 0.2) is 0 Å². The molecule has 0 radical (unpaired) electrons. The standard InChI is InChI=1S/C12H14N6O/c1-8-6-10(17(3)16-8)19-12-11-14-4-5-18(11)7-9(13-2)15-12/h4-7,13H,1-3H3. The highest BCUT2D eigenvalue weighted by molar-refractivity contribution is 5.54. The normalized spacial score (nSPS) is 10.9. The quantitative estimate of drug-likeness (QED) is 0.772. The summed E-state index contributed by atoms with van der Waals surface area (Å²) in [6.45, 7) is 1.91. The van der Waals surface area contributed by atoms with Gasteiger partial charge in [0.05, 0.1) is 11.9 Å². The molecule has 0 fully saturated rings. The first-order valence-corrected chi connectivity index (χ1v) is 5.87. The van der Waals surface area contributed by atoms with Crippen LogP contribution in [0.15, 0.2) is 24.7 Å². The summed E-state index contributed by atoms with van der Waals surface area (Å²) < 4.78 is 9.34. The molecule has 0 saturated carbocycles. The first-order chi connectivity index (χ1) is 9.17. The summed E-state index contributed by atoms with van der Waals surface area (Å²) in [6.07, 6.45) is 5.40. The second-order valence-corrected chi connectivity index (χ2v) is 4.19. The second kappa shape index (κ2) is 4.27. The molecule has 0 aromatic carbocycles. The van der Waals surface area contributed by atoms with Crippen molar-refractivity contribution in [1.29, 1.82) is 0 Å². The fraction of sp³-hybridized carbons (Fsp3) is 0.250. The van der Waals surface area contributed by atoms with E-state index in [1.807, 2.05) is 43.9 Å².